The lowest BCUT2D eigenvalue weighted by atomic mass is 10.0. The van der Waals surface area contributed by atoms with E-state index in [0.29, 0.717) is 24.7 Å². The van der Waals surface area contributed by atoms with E-state index in [9.17, 15) is 4.79 Å². The number of pyridine rings is 2. The summed E-state index contributed by atoms with van der Waals surface area (Å²) in [5.74, 6) is 1.33. The van der Waals surface area contributed by atoms with Gasteiger partial charge in [0.1, 0.15) is 11.6 Å². The number of ether oxygens (including phenoxy) is 1. The summed E-state index contributed by atoms with van der Waals surface area (Å²) in [6.07, 6.45) is 1.81. The maximum absolute atomic E-state index is 12.7. The lowest BCUT2D eigenvalue weighted by Crippen LogP contribution is -2.36. The van der Waals surface area contributed by atoms with Crippen molar-refractivity contribution in [2.24, 2.45) is 0 Å². The number of urea groups is 1. The first kappa shape index (κ1) is 21.6. The molecular weight excluding hydrogens is 529 g/mol. The monoisotopic (exact) mass is 551 g/mol. The van der Waals surface area contributed by atoms with Crippen LogP contribution in [0.5, 0.6) is 0 Å². The maximum Gasteiger partial charge on any atom is 0.324 e. The number of aromatic nitrogens is 2. The molecule has 33 heavy (non-hydrogen) atoms. The average molecular weight is 551 g/mol. The van der Waals surface area contributed by atoms with E-state index < -0.39 is 0 Å². The van der Waals surface area contributed by atoms with Gasteiger partial charge < -0.3 is 15.0 Å². The molecule has 1 fully saturated rings. The van der Waals surface area contributed by atoms with Crippen molar-refractivity contribution in [1.29, 1.82) is 0 Å². The summed E-state index contributed by atoms with van der Waals surface area (Å²) >= 11 is 2.30. The van der Waals surface area contributed by atoms with Crippen LogP contribution < -0.4 is 15.5 Å². The van der Waals surface area contributed by atoms with E-state index in [4.69, 9.17) is 4.74 Å². The molecule has 8 heteroatoms. The Kier molecular flexibility index (Phi) is 6.36. The number of carbonyl (C=O) groups is 1. The van der Waals surface area contributed by atoms with Gasteiger partial charge in [0.15, 0.2) is 0 Å². The highest BCUT2D eigenvalue weighted by atomic mass is 127. The molecule has 7 nitrogen and oxygen atoms in total. The standard InChI is InChI=1S/C25H22IN5O2/c26-21-9-8-18(16-20(21)24-19-5-2-1-4-17(19)10-11-27-24)28-25(32)30-22-6-3-7-23(29-22)31-12-14-33-15-13-31/h1-11,16H,12-15H2,(H2,28,29,30,32). The molecule has 1 aliphatic heterocycles. The van der Waals surface area contributed by atoms with Crippen LogP contribution in [0, 0.1) is 3.57 Å². The van der Waals surface area contributed by atoms with Gasteiger partial charge in [-0.3, -0.25) is 10.3 Å². The summed E-state index contributed by atoms with van der Waals surface area (Å²) in [6.45, 7) is 2.94. The fourth-order valence-electron chi connectivity index (χ4n) is 3.86. The van der Waals surface area contributed by atoms with Gasteiger partial charge in [-0.1, -0.05) is 30.3 Å². The van der Waals surface area contributed by atoms with Crippen molar-refractivity contribution in [2.75, 3.05) is 41.8 Å². The van der Waals surface area contributed by atoms with Gasteiger partial charge in [-0.25, -0.2) is 9.78 Å². The minimum atomic E-state index is -0.348. The highest BCUT2D eigenvalue weighted by molar-refractivity contribution is 14.1. The number of rotatable bonds is 4. The number of anilines is 3. The largest absolute Gasteiger partial charge is 0.378 e. The number of benzene rings is 2. The lowest BCUT2D eigenvalue weighted by Gasteiger charge is -2.28. The molecule has 1 saturated heterocycles. The van der Waals surface area contributed by atoms with Gasteiger partial charge in [0.25, 0.3) is 0 Å². The Morgan fingerprint density at radius 2 is 1.82 bits per heavy atom. The predicted molar refractivity (Wildman–Crippen MR) is 140 cm³/mol. The minimum Gasteiger partial charge on any atom is -0.378 e. The highest BCUT2D eigenvalue weighted by Crippen LogP contribution is 2.32. The quantitative estimate of drug-likeness (QED) is 0.333. The van der Waals surface area contributed by atoms with Gasteiger partial charge in [0.2, 0.25) is 0 Å². The van der Waals surface area contributed by atoms with E-state index in [-0.39, 0.29) is 6.03 Å². The summed E-state index contributed by atoms with van der Waals surface area (Å²) < 4.78 is 6.46. The van der Waals surface area contributed by atoms with E-state index in [1.807, 2.05) is 54.7 Å². The Bertz CT molecular complexity index is 1300. The Morgan fingerprint density at radius 1 is 0.970 bits per heavy atom. The summed E-state index contributed by atoms with van der Waals surface area (Å²) in [4.78, 5) is 24.1. The van der Waals surface area contributed by atoms with Crippen molar-refractivity contribution < 1.29 is 9.53 Å². The smallest absolute Gasteiger partial charge is 0.324 e. The van der Waals surface area contributed by atoms with Crippen LogP contribution in [0.1, 0.15) is 0 Å². The van der Waals surface area contributed by atoms with E-state index in [2.05, 4.69) is 60.2 Å². The van der Waals surface area contributed by atoms with Gasteiger partial charge in [-0.05, 0) is 64.4 Å². The molecule has 0 spiro atoms. The Balaban J connectivity index is 1.34. The first-order valence-electron chi connectivity index (χ1n) is 10.7. The fraction of sp³-hybridized carbons (Fsp3) is 0.160. The Hall–Kier alpha value is -3.24. The SMILES string of the molecule is O=C(Nc1ccc(I)c(-c2nccc3ccccc23)c1)Nc1cccc(N2CCOCC2)n1. The molecule has 1 aliphatic rings. The molecule has 0 bridgehead atoms. The van der Waals surface area contributed by atoms with Crippen LogP contribution in [0.25, 0.3) is 22.0 Å². The number of halogens is 1. The van der Waals surface area contributed by atoms with Crippen molar-refractivity contribution in [3.63, 3.8) is 0 Å². The van der Waals surface area contributed by atoms with Gasteiger partial charge in [0.05, 0.1) is 18.9 Å². The molecule has 0 saturated carbocycles. The molecular formula is C25H22IN5O2. The third-order valence-corrected chi connectivity index (χ3v) is 6.40. The molecule has 0 aliphatic carbocycles. The molecule has 4 aromatic rings. The lowest BCUT2D eigenvalue weighted by molar-refractivity contribution is 0.122. The fourth-order valence-corrected chi connectivity index (χ4v) is 4.45. The van der Waals surface area contributed by atoms with Crippen molar-refractivity contribution >= 4 is 56.7 Å². The van der Waals surface area contributed by atoms with Crippen molar-refractivity contribution in [3.05, 3.63) is 76.5 Å². The van der Waals surface area contributed by atoms with E-state index in [0.717, 1.165) is 44.5 Å². The Morgan fingerprint density at radius 3 is 2.70 bits per heavy atom. The minimum absolute atomic E-state index is 0.348. The van der Waals surface area contributed by atoms with Crippen molar-refractivity contribution in [1.82, 2.24) is 9.97 Å². The van der Waals surface area contributed by atoms with Crippen LogP contribution >= 0.6 is 22.6 Å². The van der Waals surface area contributed by atoms with Gasteiger partial charge >= 0.3 is 6.03 Å². The second-order valence-electron chi connectivity index (χ2n) is 7.63. The summed E-state index contributed by atoms with van der Waals surface area (Å²) in [5, 5.41) is 7.96. The molecule has 0 atom stereocenters. The zero-order chi connectivity index (χ0) is 22.6. The zero-order valence-corrected chi connectivity index (χ0v) is 20.0. The van der Waals surface area contributed by atoms with E-state index in [1.165, 1.54) is 0 Å². The number of nitrogens with one attached hydrogen (secondary N) is 2. The van der Waals surface area contributed by atoms with Crippen LogP contribution in [0.15, 0.2) is 72.9 Å². The summed E-state index contributed by atoms with van der Waals surface area (Å²) in [5.41, 5.74) is 2.54. The summed E-state index contributed by atoms with van der Waals surface area (Å²) in [6, 6.07) is 21.2. The number of hydrogen-bond acceptors (Lipinski definition) is 5. The number of fused-ring (bicyclic) bond motifs is 1. The van der Waals surface area contributed by atoms with Crippen LogP contribution in [-0.2, 0) is 4.74 Å². The molecule has 3 heterocycles. The molecule has 0 unspecified atom stereocenters. The zero-order valence-electron chi connectivity index (χ0n) is 17.8. The van der Waals surface area contributed by atoms with Crippen LogP contribution in [0.4, 0.5) is 22.1 Å². The number of nitrogens with zero attached hydrogens (tertiary/aromatic N) is 3. The number of carbonyl (C=O) groups excluding carboxylic acids is 1. The second-order valence-corrected chi connectivity index (χ2v) is 8.80. The first-order chi connectivity index (χ1) is 16.2. The molecule has 2 amide bonds. The average Bonchev–Trinajstić information content (AvgIpc) is 2.85. The number of morpholine rings is 1. The molecule has 2 aromatic heterocycles. The third-order valence-electron chi connectivity index (χ3n) is 5.46. The van der Waals surface area contributed by atoms with Crippen LogP contribution in [-0.4, -0.2) is 42.3 Å². The molecule has 2 N–H and O–H groups in total. The van der Waals surface area contributed by atoms with Crippen LogP contribution in [0.2, 0.25) is 0 Å². The second kappa shape index (κ2) is 9.72. The first-order valence-corrected chi connectivity index (χ1v) is 11.8. The van der Waals surface area contributed by atoms with E-state index >= 15 is 0 Å². The normalized spacial score (nSPS) is 13.7. The molecule has 166 valence electrons. The highest BCUT2D eigenvalue weighted by Gasteiger charge is 2.14. The van der Waals surface area contributed by atoms with Gasteiger partial charge in [0, 0.05) is 39.5 Å². The van der Waals surface area contributed by atoms with Crippen molar-refractivity contribution in [2.45, 2.75) is 0 Å². The molecule has 2 aromatic carbocycles. The number of hydrogen-bond donors (Lipinski definition) is 2. The molecule has 5 rings (SSSR count). The number of amides is 2. The summed E-state index contributed by atoms with van der Waals surface area (Å²) in [7, 11) is 0. The van der Waals surface area contributed by atoms with Crippen molar-refractivity contribution in [3.8, 4) is 11.3 Å². The predicted octanol–water partition coefficient (Wildman–Crippen LogP) is 5.38. The van der Waals surface area contributed by atoms with Gasteiger partial charge in [-0.2, -0.15) is 0 Å². The Labute approximate surface area is 205 Å². The third kappa shape index (κ3) is 4.91. The maximum atomic E-state index is 12.7. The molecule has 0 radical (unpaired) electrons. The topological polar surface area (TPSA) is 79.4 Å². The van der Waals surface area contributed by atoms with Crippen LogP contribution in [0.3, 0.4) is 0 Å². The van der Waals surface area contributed by atoms with E-state index in [1.54, 1.807) is 6.07 Å². The van der Waals surface area contributed by atoms with Gasteiger partial charge in [-0.15, -0.1) is 0 Å².